The summed E-state index contributed by atoms with van der Waals surface area (Å²) in [5.41, 5.74) is 0. The average molecular weight is 524 g/mol. The fraction of sp³-hybridized carbons (Fsp3) is 0.844. The fourth-order valence-corrected chi connectivity index (χ4v) is 4.51. The van der Waals surface area contributed by atoms with Crippen LogP contribution in [-0.2, 0) is 4.79 Å². The maximum atomic E-state index is 12.3. The number of unbranched alkanes of at least 4 members (excludes halogenated alkanes) is 15. The van der Waals surface area contributed by atoms with Crippen LogP contribution < -0.4 is 5.32 Å². The smallest absolute Gasteiger partial charge is 0.220 e. The van der Waals surface area contributed by atoms with Crippen LogP contribution >= 0.6 is 0 Å². The van der Waals surface area contributed by atoms with Gasteiger partial charge in [0.25, 0.3) is 0 Å². The number of hydrogen-bond donors (Lipinski definition) is 4. The molecule has 0 saturated carbocycles. The Morgan fingerprint density at radius 3 is 1.62 bits per heavy atom. The lowest BCUT2D eigenvalue weighted by molar-refractivity contribution is -0.124. The zero-order valence-electron chi connectivity index (χ0n) is 24.3. The van der Waals surface area contributed by atoms with Gasteiger partial charge >= 0.3 is 0 Å². The Bertz CT molecular complexity index is 549. The minimum atomic E-state index is -1.16. The molecule has 3 unspecified atom stereocenters. The number of allylic oxidation sites excluding steroid dienone is 4. The first-order valence-corrected chi connectivity index (χ1v) is 15.6. The molecule has 0 aliphatic rings. The van der Waals surface area contributed by atoms with E-state index in [-0.39, 0.29) is 12.5 Å². The monoisotopic (exact) mass is 523 g/mol. The topological polar surface area (TPSA) is 89.8 Å². The lowest BCUT2D eigenvalue weighted by Crippen LogP contribution is -2.50. The summed E-state index contributed by atoms with van der Waals surface area (Å²) in [5, 5.41) is 33.1. The molecule has 0 aromatic carbocycles. The molecule has 0 saturated heterocycles. The molecule has 1 amide bonds. The predicted octanol–water partition coefficient (Wildman–Crippen LogP) is 7.53. The lowest BCUT2D eigenvalue weighted by atomic mass is 10.0. The summed E-state index contributed by atoms with van der Waals surface area (Å²) in [6.07, 6.45) is 29.8. The zero-order chi connectivity index (χ0) is 27.4. The molecule has 0 heterocycles. The Kier molecular flexibility index (Phi) is 27.0. The lowest BCUT2D eigenvalue weighted by Gasteiger charge is -2.26. The van der Waals surface area contributed by atoms with E-state index < -0.39 is 18.2 Å². The van der Waals surface area contributed by atoms with Gasteiger partial charge in [0.05, 0.1) is 18.8 Å². The van der Waals surface area contributed by atoms with Crippen molar-refractivity contribution in [3.63, 3.8) is 0 Å². The summed E-state index contributed by atoms with van der Waals surface area (Å²) in [4.78, 5) is 12.3. The van der Waals surface area contributed by atoms with Gasteiger partial charge in [-0.2, -0.15) is 0 Å². The van der Waals surface area contributed by atoms with E-state index in [1.807, 2.05) is 0 Å². The average Bonchev–Trinajstić information content (AvgIpc) is 2.90. The molecule has 0 aliphatic carbocycles. The molecule has 0 fully saturated rings. The summed E-state index contributed by atoms with van der Waals surface area (Å²) in [6.45, 7) is 4.07. The van der Waals surface area contributed by atoms with Gasteiger partial charge in [-0.25, -0.2) is 0 Å². The fourth-order valence-electron chi connectivity index (χ4n) is 4.51. The third kappa shape index (κ3) is 23.7. The first kappa shape index (κ1) is 35.8. The van der Waals surface area contributed by atoms with Crippen LogP contribution in [0.5, 0.6) is 0 Å². The number of aliphatic hydroxyl groups excluding tert-OH is 3. The first-order valence-electron chi connectivity index (χ1n) is 15.6. The molecule has 5 nitrogen and oxygen atoms in total. The normalized spacial score (nSPS) is 14.4. The highest BCUT2D eigenvalue weighted by Gasteiger charge is 2.26. The Labute approximate surface area is 229 Å². The summed E-state index contributed by atoms with van der Waals surface area (Å²) in [5.74, 6) is -0.163. The van der Waals surface area contributed by atoms with Crippen molar-refractivity contribution < 1.29 is 20.1 Å². The van der Waals surface area contributed by atoms with Gasteiger partial charge < -0.3 is 20.6 Å². The van der Waals surface area contributed by atoms with Crippen molar-refractivity contribution in [3.8, 4) is 0 Å². The minimum absolute atomic E-state index is 0.163. The summed E-state index contributed by atoms with van der Waals surface area (Å²) < 4.78 is 0. The van der Waals surface area contributed by atoms with Crippen LogP contribution in [0.2, 0.25) is 0 Å². The number of rotatable bonds is 27. The molecule has 37 heavy (non-hydrogen) atoms. The highest BCUT2D eigenvalue weighted by Crippen LogP contribution is 2.13. The van der Waals surface area contributed by atoms with Crippen molar-refractivity contribution in [3.05, 3.63) is 24.3 Å². The van der Waals surface area contributed by atoms with Crippen molar-refractivity contribution in [2.45, 2.75) is 167 Å². The highest BCUT2D eigenvalue weighted by atomic mass is 16.3. The largest absolute Gasteiger partial charge is 0.394 e. The van der Waals surface area contributed by atoms with E-state index in [1.165, 1.54) is 70.6 Å². The van der Waals surface area contributed by atoms with Gasteiger partial charge in [0.15, 0.2) is 0 Å². The van der Waals surface area contributed by atoms with Crippen molar-refractivity contribution in [2.24, 2.45) is 0 Å². The van der Waals surface area contributed by atoms with Gasteiger partial charge in [0.2, 0.25) is 5.91 Å². The minimum Gasteiger partial charge on any atom is -0.394 e. The Hall–Kier alpha value is -1.17. The van der Waals surface area contributed by atoms with Gasteiger partial charge in [0, 0.05) is 6.42 Å². The zero-order valence-corrected chi connectivity index (χ0v) is 24.3. The van der Waals surface area contributed by atoms with Gasteiger partial charge in [-0.3, -0.25) is 4.79 Å². The van der Waals surface area contributed by atoms with Crippen LogP contribution in [-0.4, -0.2) is 46.1 Å². The maximum Gasteiger partial charge on any atom is 0.220 e. The second kappa shape index (κ2) is 27.9. The van der Waals surface area contributed by atoms with Crippen LogP contribution in [0.15, 0.2) is 24.3 Å². The Balaban J connectivity index is 3.83. The van der Waals surface area contributed by atoms with E-state index in [9.17, 15) is 20.1 Å². The molecule has 4 N–H and O–H groups in total. The van der Waals surface area contributed by atoms with Gasteiger partial charge in [0.1, 0.15) is 6.10 Å². The quantitative estimate of drug-likeness (QED) is 0.0661. The van der Waals surface area contributed by atoms with Crippen molar-refractivity contribution in [1.29, 1.82) is 0 Å². The molecule has 0 aliphatic heterocycles. The number of aliphatic hydroxyl groups is 3. The van der Waals surface area contributed by atoms with Crippen LogP contribution in [0, 0.1) is 0 Å². The number of nitrogens with one attached hydrogen (secondary N) is 1. The van der Waals surface area contributed by atoms with Crippen molar-refractivity contribution >= 4 is 5.91 Å². The van der Waals surface area contributed by atoms with Crippen LogP contribution in [0.4, 0.5) is 0 Å². The summed E-state index contributed by atoms with van der Waals surface area (Å²) >= 11 is 0. The van der Waals surface area contributed by atoms with Crippen LogP contribution in [0.25, 0.3) is 0 Å². The molecule has 3 atom stereocenters. The number of amides is 1. The number of carbonyl (C=O) groups is 1. The SMILES string of the molecule is CCCC/C=C/CC/C=C/CCCC(O)C(O)C(CO)NC(=O)CCCCCCCCCCCCCC. The summed E-state index contributed by atoms with van der Waals surface area (Å²) in [7, 11) is 0. The second-order valence-corrected chi connectivity index (χ2v) is 10.6. The molecular weight excluding hydrogens is 462 g/mol. The summed E-state index contributed by atoms with van der Waals surface area (Å²) in [6, 6.07) is -0.824. The van der Waals surface area contributed by atoms with Crippen molar-refractivity contribution in [1.82, 2.24) is 5.32 Å². The van der Waals surface area contributed by atoms with Gasteiger partial charge in [-0.15, -0.1) is 0 Å². The van der Waals surface area contributed by atoms with E-state index in [4.69, 9.17) is 0 Å². The van der Waals surface area contributed by atoms with Crippen LogP contribution in [0.1, 0.15) is 149 Å². The molecular formula is C32H61NO4. The maximum absolute atomic E-state index is 12.3. The molecule has 0 aromatic heterocycles. The first-order chi connectivity index (χ1) is 18.1. The molecule has 0 rings (SSSR count). The molecule has 218 valence electrons. The van der Waals surface area contributed by atoms with Gasteiger partial charge in [-0.05, 0) is 44.9 Å². The van der Waals surface area contributed by atoms with Crippen molar-refractivity contribution in [2.75, 3.05) is 6.61 Å². The Morgan fingerprint density at radius 2 is 1.11 bits per heavy atom. The van der Waals surface area contributed by atoms with E-state index >= 15 is 0 Å². The second-order valence-electron chi connectivity index (χ2n) is 10.6. The van der Waals surface area contributed by atoms with Gasteiger partial charge in [-0.1, -0.05) is 122 Å². The molecule has 0 spiro atoms. The predicted molar refractivity (Wildman–Crippen MR) is 158 cm³/mol. The number of carbonyl (C=O) groups excluding carboxylic acids is 1. The highest BCUT2D eigenvalue weighted by molar-refractivity contribution is 5.76. The number of hydrogen-bond acceptors (Lipinski definition) is 4. The van der Waals surface area contributed by atoms with E-state index in [0.717, 1.165) is 51.4 Å². The van der Waals surface area contributed by atoms with E-state index in [2.05, 4.69) is 43.5 Å². The van der Waals surface area contributed by atoms with Crippen LogP contribution in [0.3, 0.4) is 0 Å². The standard InChI is InChI=1S/C32H61NO4/c1-3-5-7-9-11-13-15-17-19-21-23-25-27-31(36)33-29(28-34)32(37)30(35)26-24-22-20-18-16-14-12-10-8-6-4-2/h10,12,18,20,29-30,32,34-35,37H,3-9,11,13-17,19,21-28H2,1-2H3,(H,33,36)/b12-10+,20-18+. The Morgan fingerprint density at radius 1 is 0.649 bits per heavy atom. The van der Waals surface area contributed by atoms with E-state index in [1.54, 1.807) is 0 Å². The third-order valence-corrected chi connectivity index (χ3v) is 7.04. The molecule has 0 bridgehead atoms. The molecule has 0 aromatic rings. The molecule has 5 heteroatoms. The third-order valence-electron chi connectivity index (χ3n) is 7.04. The van der Waals surface area contributed by atoms with E-state index in [0.29, 0.717) is 12.8 Å². The molecule has 0 radical (unpaired) electrons.